The molecular weight excluding hydrogens is 228 g/mol. The Morgan fingerprint density at radius 2 is 2.06 bits per heavy atom. The van der Waals surface area contributed by atoms with E-state index < -0.39 is 35.7 Å². The summed E-state index contributed by atoms with van der Waals surface area (Å²) in [4.78, 5) is 26.7. The number of nitrogens with one attached hydrogen (secondary N) is 2. The third-order valence-corrected chi connectivity index (χ3v) is 2.92. The van der Waals surface area contributed by atoms with Crippen LogP contribution in [0.25, 0.3) is 0 Å². The van der Waals surface area contributed by atoms with E-state index in [9.17, 15) is 19.8 Å². The normalized spacial score (nSPS) is 32.9. The van der Waals surface area contributed by atoms with Gasteiger partial charge in [0.25, 0.3) is 5.56 Å². The van der Waals surface area contributed by atoms with Crippen molar-refractivity contribution < 1.29 is 14.9 Å². The molecule has 0 amide bonds. The van der Waals surface area contributed by atoms with Crippen LogP contribution in [-0.2, 0) is 4.74 Å². The number of hydrogen-bond acceptors (Lipinski definition) is 5. The maximum atomic E-state index is 11.5. The first-order valence-corrected chi connectivity index (χ1v) is 5.38. The van der Waals surface area contributed by atoms with Crippen molar-refractivity contribution >= 4 is 0 Å². The second-order valence-electron chi connectivity index (χ2n) is 4.01. The van der Waals surface area contributed by atoms with Gasteiger partial charge in [0.15, 0.2) is 0 Å². The van der Waals surface area contributed by atoms with Gasteiger partial charge in [0, 0.05) is 6.20 Å². The fraction of sp³-hybridized carbons (Fsp3) is 0.600. The summed E-state index contributed by atoms with van der Waals surface area (Å²) in [6.45, 7) is 1.81. The average molecular weight is 242 g/mol. The molecule has 1 fully saturated rings. The molecule has 7 nitrogen and oxygen atoms in total. The fourth-order valence-corrected chi connectivity index (χ4v) is 1.97. The molecule has 2 rings (SSSR count). The van der Waals surface area contributed by atoms with E-state index in [0.29, 0.717) is 6.42 Å². The minimum atomic E-state index is -1.17. The molecule has 1 aliphatic rings. The first-order chi connectivity index (χ1) is 8.04. The zero-order valence-corrected chi connectivity index (χ0v) is 9.21. The van der Waals surface area contributed by atoms with Gasteiger partial charge in [-0.05, 0) is 6.42 Å². The first-order valence-electron chi connectivity index (χ1n) is 5.38. The molecular formula is C10H14N2O5. The van der Waals surface area contributed by atoms with E-state index in [-0.39, 0.29) is 5.56 Å². The molecule has 7 heteroatoms. The summed E-state index contributed by atoms with van der Waals surface area (Å²) in [5, 5.41) is 19.5. The van der Waals surface area contributed by atoms with Crippen molar-refractivity contribution in [2.24, 2.45) is 0 Å². The van der Waals surface area contributed by atoms with Gasteiger partial charge in [-0.1, -0.05) is 6.92 Å². The molecule has 1 aromatic heterocycles. The van der Waals surface area contributed by atoms with E-state index in [1.807, 2.05) is 4.98 Å². The number of aromatic amines is 2. The summed E-state index contributed by atoms with van der Waals surface area (Å²) in [5.41, 5.74) is -1.15. The SMILES string of the molecule is CC[C@H]1O[C@@H](c2c[nH]c(=O)[nH]c2=O)[C@H](O)[C@@H]1O. The zero-order chi connectivity index (χ0) is 12.6. The van der Waals surface area contributed by atoms with Crippen LogP contribution in [0.1, 0.15) is 25.0 Å². The number of aliphatic hydroxyl groups is 2. The Labute approximate surface area is 96.1 Å². The summed E-state index contributed by atoms with van der Waals surface area (Å²) in [6.07, 6.45) is -1.92. The van der Waals surface area contributed by atoms with E-state index in [4.69, 9.17) is 4.74 Å². The highest BCUT2D eigenvalue weighted by Gasteiger charge is 2.43. The molecule has 4 atom stereocenters. The lowest BCUT2D eigenvalue weighted by Gasteiger charge is -2.13. The Balaban J connectivity index is 2.35. The summed E-state index contributed by atoms with van der Waals surface area (Å²) < 4.78 is 5.40. The number of hydrogen-bond donors (Lipinski definition) is 4. The van der Waals surface area contributed by atoms with E-state index in [1.54, 1.807) is 6.92 Å². The summed E-state index contributed by atoms with van der Waals surface area (Å²) in [7, 11) is 0. The van der Waals surface area contributed by atoms with Crippen LogP contribution >= 0.6 is 0 Å². The zero-order valence-electron chi connectivity index (χ0n) is 9.21. The predicted molar refractivity (Wildman–Crippen MR) is 57.6 cm³/mol. The minimum Gasteiger partial charge on any atom is -0.388 e. The van der Waals surface area contributed by atoms with Crippen LogP contribution in [0.4, 0.5) is 0 Å². The van der Waals surface area contributed by atoms with Crippen molar-refractivity contribution in [3.63, 3.8) is 0 Å². The molecule has 1 aromatic rings. The van der Waals surface area contributed by atoms with Crippen molar-refractivity contribution in [3.05, 3.63) is 32.6 Å². The summed E-state index contributed by atoms with van der Waals surface area (Å²) >= 11 is 0. The van der Waals surface area contributed by atoms with Crippen LogP contribution in [0.3, 0.4) is 0 Å². The van der Waals surface area contributed by atoms with Gasteiger partial charge in [-0.25, -0.2) is 4.79 Å². The van der Waals surface area contributed by atoms with Gasteiger partial charge >= 0.3 is 5.69 Å². The lowest BCUT2D eigenvalue weighted by atomic mass is 10.0. The number of aliphatic hydroxyl groups excluding tert-OH is 2. The van der Waals surface area contributed by atoms with Gasteiger partial charge in [-0.15, -0.1) is 0 Å². The van der Waals surface area contributed by atoms with E-state index >= 15 is 0 Å². The molecule has 0 saturated carbocycles. The maximum Gasteiger partial charge on any atom is 0.325 e. The van der Waals surface area contributed by atoms with Gasteiger partial charge in [0.1, 0.15) is 18.3 Å². The molecule has 1 saturated heterocycles. The standard InChI is InChI=1S/C10H14N2O5/c1-2-5-6(13)7(14)8(17-5)4-3-11-10(16)12-9(4)15/h3,5-8,13-14H,2H2,1H3,(H2,11,12,15,16)/t5-,6-,7-,8+/m1/s1. The highest BCUT2D eigenvalue weighted by Crippen LogP contribution is 2.32. The molecule has 0 bridgehead atoms. The largest absolute Gasteiger partial charge is 0.388 e. The minimum absolute atomic E-state index is 0.104. The lowest BCUT2D eigenvalue weighted by molar-refractivity contribution is 0.00469. The molecule has 17 heavy (non-hydrogen) atoms. The van der Waals surface area contributed by atoms with Crippen LogP contribution in [-0.4, -0.2) is 38.5 Å². The molecule has 1 aliphatic heterocycles. The van der Waals surface area contributed by atoms with Gasteiger partial charge in [-0.3, -0.25) is 9.78 Å². The predicted octanol–water partition coefficient (Wildman–Crippen LogP) is -1.37. The third-order valence-electron chi connectivity index (χ3n) is 2.92. The second kappa shape index (κ2) is 4.44. The van der Waals surface area contributed by atoms with Crippen molar-refractivity contribution in [3.8, 4) is 0 Å². The van der Waals surface area contributed by atoms with Gasteiger partial charge < -0.3 is 19.9 Å². The maximum absolute atomic E-state index is 11.5. The summed E-state index contributed by atoms with van der Waals surface area (Å²) in [6, 6.07) is 0. The molecule has 0 aromatic carbocycles. The smallest absolute Gasteiger partial charge is 0.325 e. The topological polar surface area (TPSA) is 115 Å². The molecule has 0 aliphatic carbocycles. The Hall–Kier alpha value is -1.44. The number of aromatic nitrogens is 2. The fourth-order valence-electron chi connectivity index (χ4n) is 1.97. The Kier molecular flexibility index (Phi) is 3.14. The van der Waals surface area contributed by atoms with Crippen molar-refractivity contribution in [2.75, 3.05) is 0 Å². The number of ether oxygens (including phenoxy) is 1. The van der Waals surface area contributed by atoms with E-state index in [1.165, 1.54) is 6.20 Å². The molecule has 94 valence electrons. The Bertz CT molecular complexity index is 508. The van der Waals surface area contributed by atoms with Crippen LogP contribution in [0.15, 0.2) is 15.8 Å². The quantitative estimate of drug-likeness (QED) is 0.511. The summed E-state index contributed by atoms with van der Waals surface area (Å²) in [5.74, 6) is 0. The second-order valence-corrected chi connectivity index (χ2v) is 4.01. The van der Waals surface area contributed by atoms with Crippen LogP contribution in [0.5, 0.6) is 0 Å². The van der Waals surface area contributed by atoms with Gasteiger partial charge in [-0.2, -0.15) is 0 Å². The van der Waals surface area contributed by atoms with Crippen molar-refractivity contribution in [1.29, 1.82) is 0 Å². The van der Waals surface area contributed by atoms with Gasteiger partial charge in [0.05, 0.1) is 11.7 Å². The third kappa shape index (κ3) is 2.04. The van der Waals surface area contributed by atoms with Crippen LogP contribution in [0, 0.1) is 0 Å². The highest BCUT2D eigenvalue weighted by molar-refractivity contribution is 5.13. The highest BCUT2D eigenvalue weighted by atomic mass is 16.5. The van der Waals surface area contributed by atoms with Crippen LogP contribution in [0.2, 0.25) is 0 Å². The lowest BCUT2D eigenvalue weighted by Crippen LogP contribution is -2.32. The van der Waals surface area contributed by atoms with Crippen molar-refractivity contribution in [2.45, 2.75) is 37.8 Å². The first kappa shape index (κ1) is 12.0. The molecule has 0 radical (unpaired) electrons. The van der Waals surface area contributed by atoms with E-state index in [0.717, 1.165) is 0 Å². The monoisotopic (exact) mass is 242 g/mol. The van der Waals surface area contributed by atoms with Gasteiger partial charge in [0.2, 0.25) is 0 Å². The van der Waals surface area contributed by atoms with Crippen LogP contribution < -0.4 is 11.2 Å². The number of rotatable bonds is 2. The molecule has 0 spiro atoms. The molecule has 4 N–H and O–H groups in total. The molecule has 2 heterocycles. The number of H-pyrrole nitrogens is 2. The van der Waals surface area contributed by atoms with Crippen molar-refractivity contribution in [1.82, 2.24) is 9.97 Å². The van der Waals surface area contributed by atoms with E-state index in [2.05, 4.69) is 4.98 Å². The Morgan fingerprint density at radius 1 is 1.35 bits per heavy atom. The molecule has 0 unspecified atom stereocenters. The average Bonchev–Trinajstić information content (AvgIpc) is 2.57. The Morgan fingerprint density at radius 3 is 2.59 bits per heavy atom.